The van der Waals surface area contributed by atoms with Crippen molar-refractivity contribution in [1.82, 2.24) is 0 Å². The van der Waals surface area contributed by atoms with Gasteiger partial charge in [0.1, 0.15) is 11.5 Å². The van der Waals surface area contributed by atoms with Crippen LogP contribution in [0.4, 0.5) is 11.4 Å². The summed E-state index contributed by atoms with van der Waals surface area (Å²) >= 11 is 0. The van der Waals surface area contributed by atoms with Gasteiger partial charge in [0.2, 0.25) is 5.91 Å². The van der Waals surface area contributed by atoms with Crippen molar-refractivity contribution in [2.45, 2.75) is 26.0 Å². The summed E-state index contributed by atoms with van der Waals surface area (Å²) in [4.78, 5) is 11.9. The van der Waals surface area contributed by atoms with E-state index in [-0.39, 0.29) is 5.92 Å². The zero-order valence-electron chi connectivity index (χ0n) is 12.7. The highest BCUT2D eigenvalue weighted by Crippen LogP contribution is 2.26. The molecule has 1 rings (SSSR count). The Morgan fingerprint density at radius 2 is 1.95 bits per heavy atom. The number of nitrogens with one attached hydrogen (secondary N) is 1. The maximum atomic E-state index is 12.1. The number of nitrogens with two attached hydrogens (primary N) is 1. The molecule has 21 heavy (non-hydrogen) atoms. The number of carbonyl (C=O) groups is 1. The highest BCUT2D eigenvalue weighted by Gasteiger charge is 2.27. The van der Waals surface area contributed by atoms with Crippen LogP contribution < -0.4 is 15.8 Å². The minimum absolute atomic E-state index is 0.0474. The summed E-state index contributed by atoms with van der Waals surface area (Å²) < 4.78 is 29.2. The summed E-state index contributed by atoms with van der Waals surface area (Å²) in [5, 5.41) is 1.97. The monoisotopic (exact) mass is 314 g/mol. The minimum Gasteiger partial charge on any atom is -0.494 e. The van der Waals surface area contributed by atoms with E-state index < -0.39 is 26.7 Å². The van der Waals surface area contributed by atoms with Gasteiger partial charge < -0.3 is 15.8 Å². The smallest absolute Gasteiger partial charge is 0.239 e. The molecule has 0 bridgehead atoms. The summed E-state index contributed by atoms with van der Waals surface area (Å²) in [6, 6.07) is 4.73. The first-order chi connectivity index (χ1) is 9.67. The molecule has 0 heterocycles. The number of hydrogen-bond acceptors (Lipinski definition) is 5. The SMILES string of the molecule is COc1cc(N)ccc1NC(=O)CS(=O)(=O)C(C)C(C)C. The van der Waals surface area contributed by atoms with Gasteiger partial charge in [0.05, 0.1) is 18.0 Å². The largest absolute Gasteiger partial charge is 0.494 e. The Labute approximate surface area is 125 Å². The first kappa shape index (κ1) is 17.3. The van der Waals surface area contributed by atoms with E-state index in [1.165, 1.54) is 7.11 Å². The number of ether oxygens (including phenoxy) is 1. The quantitative estimate of drug-likeness (QED) is 0.778. The zero-order valence-corrected chi connectivity index (χ0v) is 13.5. The Hall–Kier alpha value is -1.76. The van der Waals surface area contributed by atoms with Gasteiger partial charge in [-0.1, -0.05) is 13.8 Å². The Morgan fingerprint density at radius 1 is 1.33 bits per heavy atom. The zero-order chi connectivity index (χ0) is 16.2. The second-order valence-electron chi connectivity index (χ2n) is 5.26. The predicted octanol–water partition coefficient (Wildman–Crippen LogP) is 1.68. The molecule has 1 aromatic carbocycles. The van der Waals surface area contributed by atoms with Crippen LogP contribution in [0.3, 0.4) is 0 Å². The van der Waals surface area contributed by atoms with Crippen LogP contribution in [0.1, 0.15) is 20.8 Å². The van der Waals surface area contributed by atoms with Gasteiger partial charge in [0.15, 0.2) is 9.84 Å². The number of benzene rings is 1. The van der Waals surface area contributed by atoms with Crippen molar-refractivity contribution in [3.63, 3.8) is 0 Å². The van der Waals surface area contributed by atoms with Gasteiger partial charge in [0.25, 0.3) is 0 Å². The number of nitrogen functional groups attached to an aromatic ring is 1. The molecule has 1 atom stereocenters. The third-order valence-corrected chi connectivity index (χ3v) is 5.68. The molecule has 118 valence electrons. The highest BCUT2D eigenvalue weighted by molar-refractivity contribution is 7.92. The molecule has 0 radical (unpaired) electrons. The summed E-state index contributed by atoms with van der Waals surface area (Å²) in [5.74, 6) is -0.808. The van der Waals surface area contributed by atoms with E-state index in [2.05, 4.69) is 5.32 Å². The van der Waals surface area contributed by atoms with Crippen molar-refractivity contribution < 1.29 is 17.9 Å². The summed E-state index contributed by atoms with van der Waals surface area (Å²) in [5.41, 5.74) is 6.50. The van der Waals surface area contributed by atoms with E-state index in [0.29, 0.717) is 17.1 Å². The van der Waals surface area contributed by atoms with Crippen LogP contribution in [0.2, 0.25) is 0 Å². The number of rotatable bonds is 6. The normalized spacial score (nSPS) is 13.0. The fourth-order valence-electron chi connectivity index (χ4n) is 1.73. The van der Waals surface area contributed by atoms with Crippen molar-refractivity contribution in [2.75, 3.05) is 23.9 Å². The lowest BCUT2D eigenvalue weighted by Crippen LogP contribution is -2.32. The molecule has 0 saturated carbocycles. The molecule has 0 saturated heterocycles. The first-order valence-corrected chi connectivity index (χ1v) is 8.34. The molecule has 0 spiro atoms. The number of amides is 1. The molecule has 1 amide bonds. The second kappa shape index (κ2) is 6.80. The van der Waals surface area contributed by atoms with E-state index >= 15 is 0 Å². The number of hydrogen-bond donors (Lipinski definition) is 2. The van der Waals surface area contributed by atoms with E-state index in [1.54, 1.807) is 25.1 Å². The fraction of sp³-hybridized carbons (Fsp3) is 0.500. The lowest BCUT2D eigenvalue weighted by molar-refractivity contribution is -0.113. The predicted molar refractivity (Wildman–Crippen MR) is 84.1 cm³/mol. The third kappa shape index (κ3) is 4.63. The number of methoxy groups -OCH3 is 1. The number of anilines is 2. The molecule has 0 aliphatic rings. The summed E-state index contributed by atoms with van der Waals surface area (Å²) in [6.07, 6.45) is 0. The van der Waals surface area contributed by atoms with Crippen molar-refractivity contribution in [1.29, 1.82) is 0 Å². The lowest BCUT2D eigenvalue weighted by atomic mass is 10.2. The Kier molecular flexibility index (Phi) is 5.60. The Morgan fingerprint density at radius 3 is 2.48 bits per heavy atom. The van der Waals surface area contributed by atoms with Gasteiger partial charge in [-0.25, -0.2) is 8.42 Å². The number of carbonyl (C=O) groups excluding carboxylic acids is 1. The molecule has 6 nitrogen and oxygen atoms in total. The van der Waals surface area contributed by atoms with Crippen molar-refractivity contribution in [3.05, 3.63) is 18.2 Å². The van der Waals surface area contributed by atoms with E-state index in [4.69, 9.17) is 10.5 Å². The molecule has 1 aromatic rings. The Bertz CT molecular complexity index is 611. The van der Waals surface area contributed by atoms with Crippen LogP contribution in [0, 0.1) is 5.92 Å². The molecular weight excluding hydrogens is 292 g/mol. The van der Waals surface area contributed by atoms with Crippen LogP contribution >= 0.6 is 0 Å². The molecule has 7 heteroatoms. The van der Waals surface area contributed by atoms with Gasteiger partial charge in [-0.3, -0.25) is 4.79 Å². The second-order valence-corrected chi connectivity index (χ2v) is 7.62. The van der Waals surface area contributed by atoms with Gasteiger partial charge in [-0.15, -0.1) is 0 Å². The molecule has 0 fully saturated rings. The average Bonchev–Trinajstić information content (AvgIpc) is 2.39. The summed E-state index contributed by atoms with van der Waals surface area (Å²) in [6.45, 7) is 5.23. The van der Waals surface area contributed by atoms with Crippen LogP contribution in [0.25, 0.3) is 0 Å². The van der Waals surface area contributed by atoms with Crippen LogP contribution in [-0.2, 0) is 14.6 Å². The van der Waals surface area contributed by atoms with Crippen LogP contribution in [0.15, 0.2) is 18.2 Å². The molecule has 0 aliphatic carbocycles. The summed E-state index contributed by atoms with van der Waals surface area (Å²) in [7, 11) is -2.04. The molecule has 0 aromatic heterocycles. The van der Waals surface area contributed by atoms with Crippen molar-refractivity contribution in [2.24, 2.45) is 5.92 Å². The molecule has 3 N–H and O–H groups in total. The van der Waals surface area contributed by atoms with Crippen molar-refractivity contribution >= 4 is 27.1 Å². The van der Waals surface area contributed by atoms with E-state index in [1.807, 2.05) is 13.8 Å². The highest BCUT2D eigenvalue weighted by atomic mass is 32.2. The lowest BCUT2D eigenvalue weighted by Gasteiger charge is -2.16. The first-order valence-electron chi connectivity index (χ1n) is 6.62. The van der Waals surface area contributed by atoms with Gasteiger partial charge >= 0.3 is 0 Å². The van der Waals surface area contributed by atoms with E-state index in [9.17, 15) is 13.2 Å². The maximum Gasteiger partial charge on any atom is 0.239 e. The number of sulfone groups is 1. The average molecular weight is 314 g/mol. The molecule has 0 aliphatic heterocycles. The van der Waals surface area contributed by atoms with Gasteiger partial charge in [-0.05, 0) is 25.0 Å². The maximum absolute atomic E-state index is 12.1. The van der Waals surface area contributed by atoms with E-state index in [0.717, 1.165) is 0 Å². The molecular formula is C14H22N2O4S. The van der Waals surface area contributed by atoms with Crippen LogP contribution in [-0.4, -0.2) is 32.4 Å². The van der Waals surface area contributed by atoms with Gasteiger partial charge in [-0.2, -0.15) is 0 Å². The third-order valence-electron chi connectivity index (χ3n) is 3.34. The fourth-order valence-corrected chi connectivity index (χ4v) is 3.26. The Balaban J connectivity index is 2.84. The molecule has 1 unspecified atom stereocenters. The van der Waals surface area contributed by atoms with Crippen LogP contribution in [0.5, 0.6) is 5.75 Å². The minimum atomic E-state index is -3.48. The van der Waals surface area contributed by atoms with Crippen molar-refractivity contribution in [3.8, 4) is 5.75 Å². The van der Waals surface area contributed by atoms with Gasteiger partial charge in [0, 0.05) is 11.8 Å². The standard InChI is InChI=1S/C14H22N2O4S/c1-9(2)10(3)21(18,19)8-14(17)16-12-6-5-11(15)7-13(12)20-4/h5-7,9-10H,8,15H2,1-4H3,(H,16,17). The topological polar surface area (TPSA) is 98.5 Å².